The van der Waals surface area contributed by atoms with Crippen LogP contribution in [0.4, 0.5) is 5.69 Å². The number of sulfonamides is 1. The van der Waals surface area contributed by atoms with E-state index >= 15 is 0 Å². The molecular formula is C23H34N4O4S. The normalized spacial score (nSPS) is 15.1. The third kappa shape index (κ3) is 5.89. The van der Waals surface area contributed by atoms with Crippen molar-refractivity contribution in [3.05, 3.63) is 46.9 Å². The fourth-order valence-corrected chi connectivity index (χ4v) is 4.90. The van der Waals surface area contributed by atoms with Gasteiger partial charge < -0.3 is 9.64 Å². The summed E-state index contributed by atoms with van der Waals surface area (Å²) in [5.74, 6) is 0.375. The van der Waals surface area contributed by atoms with Crippen LogP contribution in [-0.2, 0) is 10.0 Å². The molecule has 0 unspecified atom stereocenters. The van der Waals surface area contributed by atoms with E-state index in [2.05, 4.69) is 12.0 Å². The lowest BCUT2D eigenvalue weighted by Gasteiger charge is -2.35. The van der Waals surface area contributed by atoms with Crippen molar-refractivity contribution in [2.75, 3.05) is 43.4 Å². The van der Waals surface area contributed by atoms with Crippen molar-refractivity contribution in [2.24, 2.45) is 0 Å². The molecule has 1 fully saturated rings. The van der Waals surface area contributed by atoms with Gasteiger partial charge in [0.25, 0.3) is 0 Å². The number of hydrogen-bond acceptors (Lipinski definition) is 6. The molecule has 0 aliphatic carbocycles. The van der Waals surface area contributed by atoms with E-state index in [4.69, 9.17) is 4.74 Å². The first-order valence-electron chi connectivity index (χ1n) is 11.5. The van der Waals surface area contributed by atoms with Crippen LogP contribution in [0.1, 0.15) is 46.0 Å². The molecule has 9 heteroatoms. The Bertz CT molecular complexity index is 1020. The van der Waals surface area contributed by atoms with Crippen LogP contribution in [0.3, 0.4) is 0 Å². The quantitative estimate of drug-likeness (QED) is 0.477. The third-order valence-corrected chi connectivity index (χ3v) is 7.63. The minimum atomic E-state index is -3.22. The predicted molar refractivity (Wildman–Crippen MR) is 127 cm³/mol. The highest BCUT2D eigenvalue weighted by molar-refractivity contribution is 7.89. The summed E-state index contributed by atoms with van der Waals surface area (Å²) >= 11 is 0. The van der Waals surface area contributed by atoms with Crippen LogP contribution < -0.4 is 15.2 Å². The molecule has 0 N–H and O–H groups in total. The molecule has 8 nitrogen and oxygen atoms in total. The summed E-state index contributed by atoms with van der Waals surface area (Å²) in [5, 5.41) is 4.39. The zero-order valence-corrected chi connectivity index (χ0v) is 19.9. The summed E-state index contributed by atoms with van der Waals surface area (Å²) < 4.78 is 33.3. The van der Waals surface area contributed by atoms with Gasteiger partial charge in [-0.2, -0.15) is 14.1 Å². The van der Waals surface area contributed by atoms with Gasteiger partial charge in [-0.05, 0) is 25.5 Å². The molecule has 1 aliphatic rings. The first-order valence-corrected chi connectivity index (χ1v) is 13.1. The standard InChI is InChI=1S/C23H34N4O4S/c1-3-5-6-7-11-18-31-22-21(25-14-16-26(17-15-25)32(29,30)4-2)19-24-27(23(22)28)20-12-9-8-10-13-20/h8-10,12-13,19H,3-7,11,14-18H2,1-2H3. The first-order chi connectivity index (χ1) is 15.5. The molecule has 0 radical (unpaired) electrons. The largest absolute Gasteiger partial charge is 0.486 e. The average molecular weight is 463 g/mol. The molecule has 32 heavy (non-hydrogen) atoms. The Hall–Kier alpha value is -2.39. The summed E-state index contributed by atoms with van der Waals surface area (Å²) in [6, 6.07) is 9.27. The van der Waals surface area contributed by atoms with Crippen LogP contribution in [0, 0.1) is 0 Å². The van der Waals surface area contributed by atoms with E-state index in [-0.39, 0.29) is 17.1 Å². The van der Waals surface area contributed by atoms with Gasteiger partial charge in [-0.25, -0.2) is 8.42 Å². The molecule has 3 rings (SSSR count). The van der Waals surface area contributed by atoms with Crippen molar-refractivity contribution in [3.8, 4) is 11.4 Å². The van der Waals surface area contributed by atoms with Crippen LogP contribution in [-0.4, -0.2) is 61.0 Å². The lowest BCUT2D eigenvalue weighted by atomic mass is 10.2. The molecule has 1 saturated heterocycles. The molecule has 0 spiro atoms. The summed E-state index contributed by atoms with van der Waals surface area (Å²) in [7, 11) is -3.22. The highest BCUT2D eigenvalue weighted by Gasteiger charge is 2.28. The smallest absolute Gasteiger partial charge is 0.316 e. The Balaban J connectivity index is 1.81. The number of nitrogens with zero attached hydrogens (tertiary/aromatic N) is 4. The molecule has 2 heterocycles. The maximum Gasteiger partial charge on any atom is 0.316 e. The van der Waals surface area contributed by atoms with Gasteiger partial charge in [0, 0.05) is 26.2 Å². The molecule has 0 atom stereocenters. The van der Waals surface area contributed by atoms with Crippen LogP contribution in [0.5, 0.6) is 5.75 Å². The van der Waals surface area contributed by atoms with Gasteiger partial charge in [-0.3, -0.25) is 4.79 Å². The third-order valence-electron chi connectivity index (χ3n) is 5.75. The molecule has 1 aromatic heterocycles. The molecular weight excluding hydrogens is 428 g/mol. The average Bonchev–Trinajstić information content (AvgIpc) is 2.82. The van der Waals surface area contributed by atoms with Gasteiger partial charge in [-0.15, -0.1) is 0 Å². The van der Waals surface area contributed by atoms with E-state index in [1.807, 2.05) is 35.2 Å². The topological polar surface area (TPSA) is 84.7 Å². The summed E-state index contributed by atoms with van der Waals surface area (Å²) in [6.45, 7) is 6.04. The summed E-state index contributed by atoms with van der Waals surface area (Å²) in [6.07, 6.45) is 7.14. The van der Waals surface area contributed by atoms with Crippen molar-refractivity contribution in [1.82, 2.24) is 14.1 Å². The second kappa shape index (κ2) is 11.5. The van der Waals surface area contributed by atoms with Crippen molar-refractivity contribution in [1.29, 1.82) is 0 Å². The number of hydrogen-bond donors (Lipinski definition) is 0. The number of piperazine rings is 1. The number of para-hydroxylation sites is 1. The number of aromatic nitrogens is 2. The van der Waals surface area contributed by atoms with E-state index in [1.165, 1.54) is 21.8 Å². The molecule has 1 aliphatic heterocycles. The van der Waals surface area contributed by atoms with Crippen molar-refractivity contribution in [2.45, 2.75) is 46.0 Å². The van der Waals surface area contributed by atoms with Gasteiger partial charge in [0.2, 0.25) is 15.8 Å². The molecule has 0 amide bonds. The fraction of sp³-hybridized carbons (Fsp3) is 0.565. The van der Waals surface area contributed by atoms with Gasteiger partial charge >= 0.3 is 5.56 Å². The van der Waals surface area contributed by atoms with Crippen LogP contribution in [0.25, 0.3) is 5.69 Å². The van der Waals surface area contributed by atoms with Gasteiger partial charge in [-0.1, -0.05) is 50.8 Å². The highest BCUT2D eigenvalue weighted by atomic mass is 32.2. The Kier molecular flexibility index (Phi) is 8.69. The van der Waals surface area contributed by atoms with E-state index in [0.29, 0.717) is 44.2 Å². The minimum absolute atomic E-state index is 0.0913. The number of unbranched alkanes of at least 4 members (excludes halogenated alkanes) is 4. The van der Waals surface area contributed by atoms with E-state index in [1.54, 1.807) is 13.1 Å². The van der Waals surface area contributed by atoms with Gasteiger partial charge in [0.1, 0.15) is 5.69 Å². The minimum Gasteiger partial charge on any atom is -0.486 e. The predicted octanol–water partition coefficient (Wildman–Crippen LogP) is 3.05. The summed E-state index contributed by atoms with van der Waals surface area (Å²) in [4.78, 5) is 15.3. The van der Waals surface area contributed by atoms with Crippen LogP contribution >= 0.6 is 0 Å². The first kappa shape index (κ1) is 24.3. The zero-order valence-electron chi connectivity index (χ0n) is 19.1. The molecule has 0 bridgehead atoms. The number of rotatable bonds is 11. The number of benzene rings is 1. The lowest BCUT2D eigenvalue weighted by Crippen LogP contribution is -2.49. The van der Waals surface area contributed by atoms with Crippen LogP contribution in [0.15, 0.2) is 41.3 Å². The van der Waals surface area contributed by atoms with E-state index in [0.717, 1.165) is 19.3 Å². The van der Waals surface area contributed by atoms with Crippen molar-refractivity contribution in [3.63, 3.8) is 0 Å². The summed E-state index contributed by atoms with van der Waals surface area (Å²) in [5.41, 5.74) is 1.01. The maximum atomic E-state index is 13.3. The molecule has 2 aromatic rings. The maximum absolute atomic E-state index is 13.3. The molecule has 0 saturated carbocycles. The second-order valence-electron chi connectivity index (χ2n) is 7.96. The lowest BCUT2D eigenvalue weighted by molar-refractivity contribution is 0.297. The molecule has 176 valence electrons. The van der Waals surface area contributed by atoms with Crippen molar-refractivity contribution >= 4 is 15.7 Å². The monoisotopic (exact) mass is 462 g/mol. The zero-order chi connectivity index (χ0) is 23.0. The second-order valence-corrected chi connectivity index (χ2v) is 10.2. The molecule has 1 aromatic carbocycles. The van der Waals surface area contributed by atoms with Gasteiger partial charge in [0.15, 0.2) is 0 Å². The Labute approximate surface area is 190 Å². The fourth-order valence-electron chi connectivity index (χ4n) is 3.81. The Morgan fingerprint density at radius 3 is 2.31 bits per heavy atom. The van der Waals surface area contributed by atoms with Crippen LogP contribution in [0.2, 0.25) is 0 Å². The van der Waals surface area contributed by atoms with Crippen molar-refractivity contribution < 1.29 is 13.2 Å². The SMILES string of the molecule is CCCCCCCOc1c(N2CCN(S(=O)(=O)CC)CC2)cnn(-c2ccccc2)c1=O. The highest BCUT2D eigenvalue weighted by Crippen LogP contribution is 2.26. The Morgan fingerprint density at radius 2 is 1.66 bits per heavy atom. The Morgan fingerprint density at radius 1 is 0.969 bits per heavy atom. The number of anilines is 1. The van der Waals surface area contributed by atoms with E-state index in [9.17, 15) is 13.2 Å². The number of ether oxygens (including phenoxy) is 1. The van der Waals surface area contributed by atoms with E-state index < -0.39 is 10.0 Å². The van der Waals surface area contributed by atoms with Gasteiger partial charge in [0.05, 0.1) is 24.2 Å².